The van der Waals surface area contributed by atoms with E-state index in [4.69, 9.17) is 8.37 Å². The smallest absolute Gasteiger partial charge is 0.341 e. The Morgan fingerprint density at radius 2 is 0.902 bits per heavy atom. The summed E-state index contributed by atoms with van der Waals surface area (Å²) in [5.74, 6) is 0.0138. The maximum absolute atomic E-state index is 14.1. The quantitative estimate of drug-likeness (QED) is 0.0957. The molecule has 0 aliphatic heterocycles. The van der Waals surface area contributed by atoms with Gasteiger partial charge in [-0.3, -0.25) is 4.18 Å². The summed E-state index contributed by atoms with van der Waals surface area (Å²) in [5.41, 5.74) is 0.0497. The molecule has 0 fully saturated rings. The first-order chi connectivity index (χ1) is 19.8. The number of para-hydroxylation sites is 1. The van der Waals surface area contributed by atoms with Crippen molar-refractivity contribution in [1.82, 2.24) is 0 Å². The number of hydrogen-bond donors (Lipinski definition) is 0. The van der Waals surface area contributed by atoms with Gasteiger partial charge < -0.3 is 4.18 Å². The Bertz CT molecular complexity index is 1300. The first-order valence-corrected chi connectivity index (χ1v) is 17.7. The summed E-state index contributed by atoms with van der Waals surface area (Å²) in [7, 11) is -9.68. The molecule has 0 radical (unpaired) electrons. The van der Waals surface area contributed by atoms with Crippen molar-refractivity contribution in [2.24, 2.45) is 0 Å². The minimum absolute atomic E-state index is 0.0138. The van der Waals surface area contributed by atoms with Crippen molar-refractivity contribution in [3.63, 3.8) is 0 Å². The van der Waals surface area contributed by atoms with Gasteiger partial charge in [-0.25, -0.2) is 0 Å². The van der Waals surface area contributed by atoms with E-state index in [0.717, 1.165) is 19.3 Å². The van der Waals surface area contributed by atoms with Crippen LogP contribution >= 0.6 is 0 Å². The van der Waals surface area contributed by atoms with Crippen molar-refractivity contribution in [2.45, 2.75) is 88.1 Å². The van der Waals surface area contributed by atoms with Gasteiger partial charge in [-0.2, -0.15) is 16.8 Å². The molecule has 3 rings (SSSR count). The van der Waals surface area contributed by atoms with Crippen LogP contribution in [-0.2, 0) is 28.5 Å². The molecule has 41 heavy (non-hydrogen) atoms. The molecular formula is C33H44O6S2. The summed E-state index contributed by atoms with van der Waals surface area (Å²) in [6, 6.07) is 23.6. The number of rotatable bonds is 20. The van der Waals surface area contributed by atoms with E-state index in [1.165, 1.54) is 87.8 Å². The second-order valence-corrected chi connectivity index (χ2v) is 14.1. The largest absolute Gasteiger partial charge is 0.381 e. The van der Waals surface area contributed by atoms with Gasteiger partial charge in [-0.15, -0.1) is 0 Å². The first kappa shape index (κ1) is 32.8. The summed E-state index contributed by atoms with van der Waals surface area (Å²) in [4.78, 5) is 0. The standard InChI is InChI=1S/C33H44O6S2/c1-2-3-4-5-6-7-8-9-10-11-12-22-29-38-40(34,35)33(30-23-16-13-17-24-30,31-25-18-14-19-26-31)41(36,37)39-32-27-20-15-21-28-32/h13-21,23-28H,2-12,22,29H2,1H3. The van der Waals surface area contributed by atoms with Gasteiger partial charge in [0.15, 0.2) is 0 Å². The minimum Gasteiger partial charge on any atom is -0.381 e. The van der Waals surface area contributed by atoms with Crippen molar-refractivity contribution in [3.8, 4) is 5.75 Å². The molecule has 0 saturated heterocycles. The highest BCUT2D eigenvalue weighted by Gasteiger charge is 2.61. The van der Waals surface area contributed by atoms with Crippen LogP contribution in [0.3, 0.4) is 0 Å². The van der Waals surface area contributed by atoms with E-state index in [0.29, 0.717) is 6.42 Å². The van der Waals surface area contributed by atoms with Crippen molar-refractivity contribution in [3.05, 3.63) is 102 Å². The zero-order chi connectivity index (χ0) is 29.4. The number of unbranched alkanes of at least 4 members (excludes halogenated alkanes) is 11. The highest BCUT2D eigenvalue weighted by Crippen LogP contribution is 2.45. The Balaban J connectivity index is 1.73. The van der Waals surface area contributed by atoms with Crippen LogP contribution in [0.1, 0.15) is 95.1 Å². The van der Waals surface area contributed by atoms with E-state index in [-0.39, 0.29) is 23.5 Å². The fourth-order valence-electron chi connectivity index (χ4n) is 5.04. The molecule has 224 valence electrons. The molecular weight excluding hydrogens is 556 g/mol. The van der Waals surface area contributed by atoms with Gasteiger partial charge in [0.2, 0.25) is 0 Å². The predicted molar refractivity (Wildman–Crippen MR) is 166 cm³/mol. The molecule has 8 heteroatoms. The lowest BCUT2D eigenvalue weighted by molar-refractivity contribution is 0.298. The SMILES string of the molecule is CCCCCCCCCCCCCCOS(=O)(=O)C(c1ccccc1)(c1ccccc1)S(=O)(=O)Oc1ccccc1. The third kappa shape index (κ3) is 8.90. The van der Waals surface area contributed by atoms with E-state index < -0.39 is 24.3 Å². The number of hydrogen-bond acceptors (Lipinski definition) is 6. The lowest BCUT2D eigenvalue weighted by Gasteiger charge is -2.32. The Morgan fingerprint density at radius 3 is 1.34 bits per heavy atom. The second-order valence-electron chi connectivity index (χ2n) is 10.4. The summed E-state index contributed by atoms with van der Waals surface area (Å²) in [6.45, 7) is 2.12. The molecule has 0 amide bonds. The first-order valence-electron chi connectivity index (χ1n) is 14.8. The topological polar surface area (TPSA) is 86.7 Å². The van der Waals surface area contributed by atoms with Crippen molar-refractivity contribution < 1.29 is 25.2 Å². The van der Waals surface area contributed by atoms with E-state index in [2.05, 4.69) is 6.92 Å². The summed E-state index contributed by atoms with van der Waals surface area (Å²) >= 11 is 0. The lowest BCUT2D eigenvalue weighted by Crippen LogP contribution is -2.47. The molecule has 0 bridgehead atoms. The molecule has 3 aromatic carbocycles. The van der Waals surface area contributed by atoms with Crippen LogP contribution in [0.15, 0.2) is 91.0 Å². The molecule has 0 spiro atoms. The Morgan fingerprint density at radius 1 is 0.512 bits per heavy atom. The average Bonchev–Trinajstić information content (AvgIpc) is 2.97. The summed E-state index contributed by atoms with van der Waals surface area (Å²) in [5, 5.41) is 0. The van der Waals surface area contributed by atoms with E-state index in [1.807, 2.05) is 0 Å². The Labute approximate surface area is 247 Å². The van der Waals surface area contributed by atoms with Gasteiger partial charge in [0.1, 0.15) is 5.75 Å². The van der Waals surface area contributed by atoms with E-state index in [1.54, 1.807) is 54.6 Å². The van der Waals surface area contributed by atoms with Crippen molar-refractivity contribution >= 4 is 20.2 Å². The molecule has 0 heterocycles. The zero-order valence-corrected chi connectivity index (χ0v) is 25.8. The molecule has 0 saturated carbocycles. The van der Waals surface area contributed by atoms with Crippen LogP contribution in [-0.4, -0.2) is 23.4 Å². The summed E-state index contributed by atoms with van der Waals surface area (Å²) < 4.78 is 64.9. The molecule has 0 aromatic heterocycles. The molecule has 0 aliphatic carbocycles. The fourth-order valence-corrected chi connectivity index (χ4v) is 8.97. The molecule has 0 N–H and O–H groups in total. The van der Waals surface area contributed by atoms with E-state index >= 15 is 0 Å². The highest BCUT2D eigenvalue weighted by atomic mass is 32.3. The monoisotopic (exact) mass is 600 g/mol. The van der Waals surface area contributed by atoms with Gasteiger partial charge >= 0.3 is 10.1 Å². The number of benzene rings is 3. The highest BCUT2D eigenvalue weighted by molar-refractivity contribution is 8.05. The van der Waals surface area contributed by atoms with Gasteiger partial charge in [0, 0.05) is 0 Å². The fraction of sp³-hybridized carbons (Fsp3) is 0.455. The van der Waals surface area contributed by atoms with Crippen LogP contribution in [0.5, 0.6) is 5.75 Å². The summed E-state index contributed by atoms with van der Waals surface area (Å²) in [6.07, 6.45) is 13.6. The lowest BCUT2D eigenvalue weighted by atomic mass is 10.0. The minimum atomic E-state index is -4.88. The molecule has 0 aliphatic rings. The molecule has 6 nitrogen and oxygen atoms in total. The zero-order valence-electron chi connectivity index (χ0n) is 24.1. The average molecular weight is 601 g/mol. The van der Waals surface area contributed by atoms with Gasteiger partial charge in [-0.1, -0.05) is 156 Å². The van der Waals surface area contributed by atoms with E-state index in [9.17, 15) is 16.8 Å². The van der Waals surface area contributed by atoms with Crippen LogP contribution in [0.2, 0.25) is 0 Å². The maximum Gasteiger partial charge on any atom is 0.341 e. The van der Waals surface area contributed by atoms with Crippen molar-refractivity contribution in [2.75, 3.05) is 6.61 Å². The van der Waals surface area contributed by atoms with Gasteiger partial charge in [0.05, 0.1) is 6.61 Å². The molecule has 0 atom stereocenters. The maximum atomic E-state index is 14.1. The second kappa shape index (κ2) is 16.7. The third-order valence-electron chi connectivity index (χ3n) is 7.20. The van der Waals surface area contributed by atoms with Gasteiger partial charge in [-0.05, 0) is 29.7 Å². The normalized spacial score (nSPS) is 12.3. The predicted octanol–water partition coefficient (Wildman–Crippen LogP) is 8.34. The molecule has 3 aromatic rings. The Hall–Kier alpha value is -2.68. The van der Waals surface area contributed by atoms with Crippen LogP contribution in [0, 0.1) is 0 Å². The third-order valence-corrected chi connectivity index (χ3v) is 11.7. The Kier molecular flexibility index (Phi) is 13.4. The van der Waals surface area contributed by atoms with Gasteiger partial charge in [0.25, 0.3) is 14.2 Å². The van der Waals surface area contributed by atoms with Crippen LogP contribution in [0.4, 0.5) is 0 Å². The molecule has 0 unspecified atom stereocenters. The van der Waals surface area contributed by atoms with Crippen LogP contribution < -0.4 is 4.18 Å². The van der Waals surface area contributed by atoms with Crippen LogP contribution in [0.25, 0.3) is 0 Å². The van der Waals surface area contributed by atoms with Crippen molar-refractivity contribution in [1.29, 1.82) is 0 Å².